The van der Waals surface area contributed by atoms with Gasteiger partial charge in [-0.05, 0) is 34.7 Å². The number of thioether (sulfide) groups is 1. The van der Waals surface area contributed by atoms with Crippen molar-refractivity contribution in [2.75, 3.05) is 7.11 Å². The average molecular weight is 346 g/mol. The molecule has 2 heterocycles. The summed E-state index contributed by atoms with van der Waals surface area (Å²) in [5.74, 6) is 2.52. The molecule has 0 spiro atoms. The van der Waals surface area contributed by atoms with Gasteiger partial charge in [-0.3, -0.25) is 0 Å². The zero-order valence-electron chi connectivity index (χ0n) is 13.9. The van der Waals surface area contributed by atoms with Crippen LogP contribution in [0.25, 0.3) is 5.69 Å². The molecule has 0 amide bonds. The van der Waals surface area contributed by atoms with Crippen molar-refractivity contribution in [1.82, 2.24) is 30.3 Å². The van der Waals surface area contributed by atoms with Gasteiger partial charge in [-0.25, -0.2) is 0 Å². The Bertz CT molecular complexity index is 806. The van der Waals surface area contributed by atoms with Crippen molar-refractivity contribution >= 4 is 11.8 Å². The summed E-state index contributed by atoms with van der Waals surface area (Å²) >= 11 is 1.43. The first-order valence-corrected chi connectivity index (χ1v) is 8.34. The molecule has 2 aromatic heterocycles. The molecule has 0 aliphatic heterocycles. The third-order valence-electron chi connectivity index (χ3n) is 3.22. The van der Waals surface area contributed by atoms with Crippen molar-refractivity contribution in [3.8, 4) is 11.4 Å². The summed E-state index contributed by atoms with van der Waals surface area (Å²) in [6, 6.07) is 7.51. The molecular formula is C15H18N6O2S. The molecule has 8 nitrogen and oxygen atoms in total. The van der Waals surface area contributed by atoms with Crippen molar-refractivity contribution in [1.29, 1.82) is 0 Å². The van der Waals surface area contributed by atoms with Gasteiger partial charge in [0.15, 0.2) is 5.82 Å². The lowest BCUT2D eigenvalue weighted by Gasteiger charge is -2.10. The Morgan fingerprint density at radius 1 is 1.21 bits per heavy atom. The standard InChI is InChI=1S/C15H18N6O2S/c1-15(2,3)13-16-12(23-18-13)9-24-14-17-19-20-21(14)10-5-7-11(22-4)8-6-10/h5-8H,9H2,1-4H3. The molecule has 0 fully saturated rings. The van der Waals surface area contributed by atoms with Gasteiger partial charge in [0.1, 0.15) is 5.75 Å². The largest absolute Gasteiger partial charge is 0.497 e. The van der Waals surface area contributed by atoms with Crippen LogP contribution in [0, 0.1) is 0 Å². The molecule has 0 saturated carbocycles. The fourth-order valence-electron chi connectivity index (χ4n) is 1.90. The van der Waals surface area contributed by atoms with Crippen LogP contribution >= 0.6 is 11.8 Å². The van der Waals surface area contributed by atoms with Crippen LogP contribution in [-0.2, 0) is 11.2 Å². The minimum Gasteiger partial charge on any atom is -0.497 e. The van der Waals surface area contributed by atoms with E-state index in [4.69, 9.17) is 9.26 Å². The molecule has 126 valence electrons. The number of tetrazole rings is 1. The number of rotatable bonds is 5. The topological polar surface area (TPSA) is 91.8 Å². The number of ether oxygens (including phenoxy) is 1. The highest BCUT2D eigenvalue weighted by molar-refractivity contribution is 7.98. The minimum absolute atomic E-state index is 0.142. The summed E-state index contributed by atoms with van der Waals surface area (Å²) in [7, 11) is 1.63. The minimum atomic E-state index is -0.142. The molecule has 0 unspecified atom stereocenters. The Morgan fingerprint density at radius 2 is 1.96 bits per heavy atom. The SMILES string of the molecule is COc1ccc(-n2nnnc2SCc2nc(C(C)(C)C)no2)cc1. The normalized spacial score (nSPS) is 11.7. The predicted molar refractivity (Wildman–Crippen MR) is 88.3 cm³/mol. The maximum absolute atomic E-state index is 5.29. The lowest BCUT2D eigenvalue weighted by atomic mass is 9.96. The van der Waals surface area contributed by atoms with E-state index >= 15 is 0 Å². The number of nitrogens with zero attached hydrogens (tertiary/aromatic N) is 6. The highest BCUT2D eigenvalue weighted by Gasteiger charge is 2.21. The smallest absolute Gasteiger partial charge is 0.237 e. The van der Waals surface area contributed by atoms with E-state index in [-0.39, 0.29) is 5.41 Å². The highest BCUT2D eigenvalue weighted by Crippen LogP contribution is 2.24. The first-order chi connectivity index (χ1) is 11.5. The number of aromatic nitrogens is 6. The molecule has 9 heteroatoms. The Morgan fingerprint density at radius 3 is 2.58 bits per heavy atom. The van der Waals surface area contributed by atoms with Gasteiger partial charge in [-0.15, -0.1) is 5.10 Å². The van der Waals surface area contributed by atoms with Gasteiger partial charge < -0.3 is 9.26 Å². The Hall–Kier alpha value is -2.42. The van der Waals surface area contributed by atoms with Gasteiger partial charge in [-0.1, -0.05) is 37.7 Å². The van der Waals surface area contributed by atoms with Crippen LogP contribution in [0.3, 0.4) is 0 Å². The zero-order valence-corrected chi connectivity index (χ0v) is 14.7. The summed E-state index contributed by atoms with van der Waals surface area (Å²) in [6.07, 6.45) is 0. The van der Waals surface area contributed by atoms with Crippen LogP contribution in [0.5, 0.6) is 5.75 Å². The fourth-order valence-corrected chi connectivity index (χ4v) is 2.63. The van der Waals surface area contributed by atoms with Gasteiger partial charge in [0.05, 0.1) is 18.6 Å². The van der Waals surface area contributed by atoms with Crippen LogP contribution in [0.1, 0.15) is 32.5 Å². The second kappa shape index (κ2) is 6.60. The summed E-state index contributed by atoms with van der Waals surface area (Å²) in [5, 5.41) is 16.5. The number of methoxy groups -OCH3 is 1. The van der Waals surface area contributed by atoms with Crippen molar-refractivity contribution in [2.45, 2.75) is 37.1 Å². The second-order valence-electron chi connectivity index (χ2n) is 6.12. The van der Waals surface area contributed by atoms with E-state index in [9.17, 15) is 0 Å². The number of hydrogen-bond acceptors (Lipinski definition) is 8. The molecule has 0 aliphatic carbocycles. The van der Waals surface area contributed by atoms with E-state index in [1.807, 2.05) is 45.0 Å². The lowest BCUT2D eigenvalue weighted by molar-refractivity contribution is 0.372. The van der Waals surface area contributed by atoms with Gasteiger partial charge in [0.2, 0.25) is 11.0 Å². The van der Waals surface area contributed by atoms with E-state index in [1.165, 1.54) is 11.8 Å². The first-order valence-electron chi connectivity index (χ1n) is 7.36. The second-order valence-corrected chi connectivity index (χ2v) is 7.06. The first kappa shape index (κ1) is 16.4. The summed E-state index contributed by atoms with van der Waals surface area (Å²) in [4.78, 5) is 4.41. The molecule has 3 rings (SSSR count). The Labute approximate surface area is 143 Å². The van der Waals surface area contributed by atoms with E-state index in [0.29, 0.717) is 22.6 Å². The van der Waals surface area contributed by atoms with Crippen LogP contribution < -0.4 is 4.74 Å². The molecule has 3 aromatic rings. The van der Waals surface area contributed by atoms with Gasteiger partial charge in [-0.2, -0.15) is 9.67 Å². The van der Waals surface area contributed by atoms with Crippen molar-refractivity contribution in [3.05, 3.63) is 36.0 Å². The van der Waals surface area contributed by atoms with Gasteiger partial charge in [0, 0.05) is 5.41 Å². The maximum atomic E-state index is 5.29. The van der Waals surface area contributed by atoms with Crippen molar-refractivity contribution in [3.63, 3.8) is 0 Å². The summed E-state index contributed by atoms with van der Waals surface area (Å²) in [5.41, 5.74) is 0.709. The predicted octanol–water partition coefficient (Wildman–Crippen LogP) is 2.64. The zero-order chi connectivity index (χ0) is 17.2. The van der Waals surface area contributed by atoms with Gasteiger partial charge >= 0.3 is 0 Å². The van der Waals surface area contributed by atoms with Crippen molar-refractivity contribution in [2.24, 2.45) is 0 Å². The fraction of sp³-hybridized carbons (Fsp3) is 0.400. The van der Waals surface area contributed by atoms with Crippen LogP contribution in [-0.4, -0.2) is 37.5 Å². The molecule has 0 N–H and O–H groups in total. The molecule has 0 atom stereocenters. The third-order valence-corrected chi connectivity index (χ3v) is 4.13. The third kappa shape index (κ3) is 3.56. The van der Waals surface area contributed by atoms with Crippen LogP contribution in [0.2, 0.25) is 0 Å². The molecule has 0 aliphatic rings. The van der Waals surface area contributed by atoms with E-state index in [2.05, 4.69) is 25.7 Å². The van der Waals surface area contributed by atoms with E-state index in [1.54, 1.807) is 11.8 Å². The van der Waals surface area contributed by atoms with Crippen LogP contribution in [0.15, 0.2) is 33.9 Å². The van der Waals surface area contributed by atoms with E-state index < -0.39 is 0 Å². The van der Waals surface area contributed by atoms with Gasteiger partial charge in [0.25, 0.3) is 0 Å². The Balaban J connectivity index is 1.72. The summed E-state index contributed by atoms with van der Waals surface area (Å²) in [6.45, 7) is 6.12. The molecule has 1 aromatic carbocycles. The summed E-state index contributed by atoms with van der Waals surface area (Å²) < 4.78 is 12.1. The van der Waals surface area contributed by atoms with E-state index in [0.717, 1.165) is 11.4 Å². The van der Waals surface area contributed by atoms with Crippen molar-refractivity contribution < 1.29 is 9.26 Å². The average Bonchev–Trinajstić information content (AvgIpc) is 3.21. The highest BCUT2D eigenvalue weighted by atomic mass is 32.2. The quantitative estimate of drug-likeness (QED) is 0.651. The molecular weight excluding hydrogens is 328 g/mol. The molecule has 24 heavy (non-hydrogen) atoms. The lowest BCUT2D eigenvalue weighted by Crippen LogP contribution is -2.13. The molecule has 0 saturated heterocycles. The van der Waals surface area contributed by atoms with Crippen LogP contribution in [0.4, 0.5) is 0 Å². The number of benzene rings is 1. The maximum Gasteiger partial charge on any atom is 0.237 e. The molecule has 0 radical (unpaired) electrons. The number of hydrogen-bond donors (Lipinski definition) is 0. The molecule has 0 bridgehead atoms. The monoisotopic (exact) mass is 346 g/mol. The Kier molecular flexibility index (Phi) is 4.52.